The van der Waals surface area contributed by atoms with Crippen molar-refractivity contribution >= 4 is 39.5 Å². The van der Waals surface area contributed by atoms with Gasteiger partial charge in [0.25, 0.3) is 0 Å². The fourth-order valence-electron chi connectivity index (χ4n) is 2.23. The molecule has 0 atom stereocenters. The molecule has 2 heterocycles. The van der Waals surface area contributed by atoms with Crippen LogP contribution in [-0.4, -0.2) is 16.7 Å². The number of benzene rings is 1. The minimum absolute atomic E-state index is 0.0673. The Morgan fingerprint density at radius 2 is 1.83 bits per heavy atom. The van der Waals surface area contributed by atoms with Gasteiger partial charge in [-0.15, -0.1) is 22.7 Å². The van der Waals surface area contributed by atoms with E-state index in [1.54, 1.807) is 23.5 Å². The first-order valence-corrected chi connectivity index (χ1v) is 9.36. The van der Waals surface area contributed by atoms with Crippen molar-refractivity contribution < 1.29 is 9.59 Å². The van der Waals surface area contributed by atoms with Gasteiger partial charge in [0, 0.05) is 23.8 Å². The molecule has 1 N–H and O–H groups in total. The van der Waals surface area contributed by atoms with Crippen LogP contribution in [0, 0.1) is 0 Å². The molecule has 4 nitrogen and oxygen atoms in total. The molecule has 0 saturated heterocycles. The van der Waals surface area contributed by atoms with Crippen molar-refractivity contribution in [1.29, 1.82) is 0 Å². The van der Waals surface area contributed by atoms with Gasteiger partial charge in [-0.1, -0.05) is 36.4 Å². The zero-order valence-corrected chi connectivity index (χ0v) is 14.5. The van der Waals surface area contributed by atoms with Gasteiger partial charge in [-0.25, -0.2) is 4.98 Å². The number of nitrogens with one attached hydrogen (secondary N) is 1. The van der Waals surface area contributed by atoms with Crippen molar-refractivity contribution in [2.75, 3.05) is 5.32 Å². The second-order valence-corrected chi connectivity index (χ2v) is 7.01. The Kier molecular flexibility index (Phi) is 5.51. The number of hydrogen-bond acceptors (Lipinski definition) is 5. The quantitative estimate of drug-likeness (QED) is 0.615. The second kappa shape index (κ2) is 7.99. The normalized spacial score (nSPS) is 10.5. The van der Waals surface area contributed by atoms with Gasteiger partial charge in [-0.05, 0) is 17.9 Å². The van der Waals surface area contributed by atoms with Gasteiger partial charge in [0.05, 0.1) is 10.6 Å². The number of amides is 1. The van der Waals surface area contributed by atoms with E-state index in [-0.39, 0.29) is 11.7 Å². The van der Waals surface area contributed by atoms with E-state index in [0.717, 1.165) is 10.6 Å². The lowest BCUT2D eigenvalue weighted by Crippen LogP contribution is -2.11. The Labute approximate surface area is 148 Å². The van der Waals surface area contributed by atoms with E-state index >= 15 is 0 Å². The average Bonchev–Trinajstić information content (AvgIpc) is 3.27. The van der Waals surface area contributed by atoms with Crippen LogP contribution in [0.3, 0.4) is 0 Å². The number of carbonyl (C=O) groups is 2. The Morgan fingerprint density at radius 3 is 2.58 bits per heavy atom. The number of nitrogens with zero attached hydrogens (tertiary/aromatic N) is 1. The molecule has 0 radical (unpaired) electrons. The van der Waals surface area contributed by atoms with E-state index in [1.165, 1.54) is 11.3 Å². The molecule has 122 valence electrons. The molecule has 1 aromatic carbocycles. The van der Waals surface area contributed by atoms with Gasteiger partial charge in [-0.3, -0.25) is 9.59 Å². The third-order valence-corrected chi connectivity index (χ3v) is 5.08. The molecule has 6 heteroatoms. The maximum atomic E-state index is 12.0. The summed E-state index contributed by atoms with van der Waals surface area (Å²) in [5.74, 6) is -0.0411. The number of thiazole rings is 1. The summed E-state index contributed by atoms with van der Waals surface area (Å²) in [5.41, 5.74) is 1.57. The molecule has 0 aliphatic carbocycles. The average molecular weight is 356 g/mol. The number of hydrogen-bond donors (Lipinski definition) is 1. The van der Waals surface area contributed by atoms with Crippen LogP contribution in [0.4, 0.5) is 5.13 Å². The third-order valence-electron chi connectivity index (χ3n) is 3.43. The fourth-order valence-corrected chi connectivity index (χ4v) is 3.72. The largest absolute Gasteiger partial charge is 0.302 e. The molecule has 0 spiro atoms. The van der Waals surface area contributed by atoms with Crippen molar-refractivity contribution in [1.82, 2.24) is 4.98 Å². The molecule has 0 saturated carbocycles. The van der Waals surface area contributed by atoms with E-state index in [0.29, 0.717) is 30.0 Å². The number of ketones is 1. The van der Waals surface area contributed by atoms with Crippen LogP contribution in [0.25, 0.3) is 10.6 Å². The van der Waals surface area contributed by atoms with E-state index in [9.17, 15) is 9.59 Å². The van der Waals surface area contributed by atoms with Crippen LogP contribution < -0.4 is 5.32 Å². The number of carbonyl (C=O) groups excluding carboxylic acids is 2. The van der Waals surface area contributed by atoms with Gasteiger partial charge in [0.15, 0.2) is 10.9 Å². The van der Waals surface area contributed by atoms with Crippen molar-refractivity contribution in [2.24, 2.45) is 0 Å². The smallest absolute Gasteiger partial charge is 0.226 e. The first-order chi connectivity index (χ1) is 11.7. The standard InChI is InChI=1S/C18H16N2O2S2/c21-15(13-6-2-1-3-7-13)8-4-10-17(22)20-18-19-14(12-24-18)16-9-5-11-23-16/h1-3,5-7,9,11-12H,4,8,10H2,(H,19,20,22). The number of aromatic nitrogens is 1. The third kappa shape index (κ3) is 4.37. The lowest BCUT2D eigenvalue weighted by molar-refractivity contribution is -0.116. The highest BCUT2D eigenvalue weighted by Crippen LogP contribution is 2.28. The van der Waals surface area contributed by atoms with Crippen LogP contribution in [0.2, 0.25) is 0 Å². The minimum Gasteiger partial charge on any atom is -0.302 e. The SMILES string of the molecule is O=C(CCCC(=O)c1ccccc1)Nc1nc(-c2cccs2)cs1. The summed E-state index contributed by atoms with van der Waals surface area (Å²) in [7, 11) is 0. The predicted octanol–water partition coefficient (Wildman–Crippen LogP) is 4.86. The molecule has 3 aromatic rings. The molecule has 0 aliphatic rings. The monoisotopic (exact) mass is 356 g/mol. The summed E-state index contributed by atoms with van der Waals surface area (Å²) >= 11 is 3.03. The molecule has 3 rings (SSSR count). The Bertz CT molecular complexity index is 811. The molecule has 0 bridgehead atoms. The summed E-state index contributed by atoms with van der Waals surface area (Å²) in [5, 5.41) is 7.32. The van der Waals surface area contributed by atoms with Crippen molar-refractivity contribution in [3.8, 4) is 10.6 Å². The lowest BCUT2D eigenvalue weighted by atomic mass is 10.1. The zero-order chi connectivity index (χ0) is 16.8. The molecule has 24 heavy (non-hydrogen) atoms. The number of Topliss-reactive ketones (excluding diaryl/α,β-unsaturated/α-hetero) is 1. The summed E-state index contributed by atoms with van der Waals surface area (Å²) in [6, 6.07) is 13.1. The maximum Gasteiger partial charge on any atom is 0.226 e. The Balaban J connectivity index is 1.45. The predicted molar refractivity (Wildman–Crippen MR) is 98.7 cm³/mol. The first kappa shape index (κ1) is 16.5. The van der Waals surface area contributed by atoms with Crippen LogP contribution >= 0.6 is 22.7 Å². The Hall–Kier alpha value is -2.31. The van der Waals surface area contributed by atoms with Gasteiger partial charge >= 0.3 is 0 Å². The number of thiophene rings is 1. The minimum atomic E-state index is -0.108. The molecule has 0 fully saturated rings. The molecule has 0 unspecified atom stereocenters. The summed E-state index contributed by atoms with van der Waals surface area (Å²) in [6.45, 7) is 0. The second-order valence-electron chi connectivity index (χ2n) is 5.21. The molecule has 0 aliphatic heterocycles. The lowest BCUT2D eigenvalue weighted by Gasteiger charge is -2.02. The molecule has 1 amide bonds. The van der Waals surface area contributed by atoms with Crippen LogP contribution in [0.5, 0.6) is 0 Å². The highest BCUT2D eigenvalue weighted by atomic mass is 32.1. The van der Waals surface area contributed by atoms with E-state index in [4.69, 9.17) is 0 Å². The maximum absolute atomic E-state index is 12.0. The molecule has 2 aromatic heterocycles. The topological polar surface area (TPSA) is 59.1 Å². The summed E-state index contributed by atoms with van der Waals surface area (Å²) < 4.78 is 0. The van der Waals surface area contributed by atoms with Crippen molar-refractivity contribution in [2.45, 2.75) is 19.3 Å². The number of rotatable bonds is 7. The summed E-state index contributed by atoms with van der Waals surface area (Å²) in [6.07, 6.45) is 1.21. The molecular weight excluding hydrogens is 340 g/mol. The molecular formula is C18H16N2O2S2. The fraction of sp³-hybridized carbons (Fsp3) is 0.167. The van der Waals surface area contributed by atoms with E-state index in [1.807, 2.05) is 41.1 Å². The summed E-state index contributed by atoms with van der Waals surface area (Å²) in [4.78, 5) is 29.4. The van der Waals surface area contributed by atoms with Crippen LogP contribution in [0.15, 0.2) is 53.2 Å². The van der Waals surface area contributed by atoms with Gasteiger partial charge in [-0.2, -0.15) is 0 Å². The van der Waals surface area contributed by atoms with Gasteiger partial charge in [0.1, 0.15) is 0 Å². The van der Waals surface area contributed by atoms with Crippen LogP contribution in [-0.2, 0) is 4.79 Å². The van der Waals surface area contributed by atoms with E-state index in [2.05, 4.69) is 10.3 Å². The van der Waals surface area contributed by atoms with Crippen molar-refractivity contribution in [3.05, 3.63) is 58.8 Å². The Morgan fingerprint density at radius 1 is 1.00 bits per heavy atom. The van der Waals surface area contributed by atoms with Gasteiger partial charge < -0.3 is 5.32 Å². The number of anilines is 1. The first-order valence-electron chi connectivity index (χ1n) is 7.60. The highest BCUT2D eigenvalue weighted by Gasteiger charge is 2.10. The van der Waals surface area contributed by atoms with E-state index < -0.39 is 0 Å². The van der Waals surface area contributed by atoms with Crippen molar-refractivity contribution in [3.63, 3.8) is 0 Å². The highest BCUT2D eigenvalue weighted by molar-refractivity contribution is 7.16. The van der Waals surface area contributed by atoms with Gasteiger partial charge in [0.2, 0.25) is 5.91 Å². The van der Waals surface area contributed by atoms with Crippen LogP contribution in [0.1, 0.15) is 29.6 Å². The zero-order valence-electron chi connectivity index (χ0n) is 12.9.